The number of rotatable bonds is 6. The van der Waals surface area contributed by atoms with Crippen molar-refractivity contribution in [2.75, 3.05) is 6.79 Å². The lowest BCUT2D eigenvalue weighted by atomic mass is 9.86. The van der Waals surface area contributed by atoms with Gasteiger partial charge in [-0.2, -0.15) is 13.2 Å². The molecule has 33 heavy (non-hydrogen) atoms. The summed E-state index contributed by atoms with van der Waals surface area (Å²) in [6, 6.07) is 16.8. The third-order valence-corrected chi connectivity index (χ3v) is 6.64. The lowest BCUT2D eigenvalue weighted by Crippen LogP contribution is -2.22. The van der Waals surface area contributed by atoms with Crippen molar-refractivity contribution >= 4 is 5.78 Å². The maximum atomic E-state index is 13.9. The molecular formula is C27H23F3O3. The van der Waals surface area contributed by atoms with Crippen molar-refractivity contribution in [3.63, 3.8) is 0 Å². The molecule has 0 amide bonds. The van der Waals surface area contributed by atoms with Gasteiger partial charge in [0.1, 0.15) is 5.78 Å². The second-order valence-electron chi connectivity index (χ2n) is 8.68. The zero-order valence-corrected chi connectivity index (χ0v) is 18.2. The van der Waals surface area contributed by atoms with Crippen molar-refractivity contribution in [2.45, 2.75) is 44.2 Å². The van der Waals surface area contributed by atoms with Crippen molar-refractivity contribution in [2.24, 2.45) is 0 Å². The SMILES string of the molecule is CCc1ccc(-c2ccc(CC(=O)C3(c4ccc5c(c4)OCO5)CC3)cc2C(F)(F)F)cc1. The highest BCUT2D eigenvalue weighted by molar-refractivity contribution is 5.95. The second-order valence-corrected chi connectivity index (χ2v) is 8.68. The standard InChI is InChI=1S/C27H23F3O3/c1-2-17-3-6-19(7-4-17)21-9-5-18(13-22(21)27(28,29)30)14-25(31)26(11-12-26)20-8-10-23-24(15-20)33-16-32-23/h3-10,13,15H,2,11-12,14,16H2,1H3. The fraction of sp³-hybridized carbons (Fsp3) is 0.296. The van der Waals surface area contributed by atoms with Crippen LogP contribution in [0.5, 0.6) is 11.5 Å². The van der Waals surface area contributed by atoms with E-state index in [1.54, 1.807) is 24.3 Å². The van der Waals surface area contributed by atoms with Gasteiger partial charge in [-0.25, -0.2) is 0 Å². The molecule has 170 valence electrons. The molecule has 3 nitrogen and oxygen atoms in total. The van der Waals surface area contributed by atoms with Gasteiger partial charge in [0.15, 0.2) is 11.5 Å². The van der Waals surface area contributed by atoms with Gasteiger partial charge < -0.3 is 9.47 Å². The van der Waals surface area contributed by atoms with Crippen molar-refractivity contribution < 1.29 is 27.4 Å². The van der Waals surface area contributed by atoms with E-state index in [1.165, 1.54) is 6.07 Å². The van der Waals surface area contributed by atoms with Crippen LogP contribution in [0.3, 0.4) is 0 Å². The van der Waals surface area contributed by atoms with E-state index in [9.17, 15) is 18.0 Å². The highest BCUT2D eigenvalue weighted by Crippen LogP contribution is 2.51. The lowest BCUT2D eigenvalue weighted by molar-refractivity contribution is -0.137. The van der Waals surface area contributed by atoms with Gasteiger partial charge in [0, 0.05) is 6.42 Å². The molecule has 6 heteroatoms. The summed E-state index contributed by atoms with van der Waals surface area (Å²) in [4.78, 5) is 13.2. The van der Waals surface area contributed by atoms with Crippen LogP contribution in [0.2, 0.25) is 0 Å². The molecule has 0 saturated heterocycles. The lowest BCUT2D eigenvalue weighted by Gasteiger charge is -2.18. The summed E-state index contributed by atoms with van der Waals surface area (Å²) in [5.41, 5.74) is 1.52. The minimum absolute atomic E-state index is 0.0490. The Morgan fingerprint density at radius 2 is 1.61 bits per heavy atom. The van der Waals surface area contributed by atoms with Crippen LogP contribution >= 0.6 is 0 Å². The van der Waals surface area contributed by atoms with Crippen LogP contribution in [0, 0.1) is 0 Å². The number of ether oxygens (including phenoxy) is 2. The van der Waals surface area contributed by atoms with Crippen LogP contribution in [0.15, 0.2) is 60.7 Å². The summed E-state index contributed by atoms with van der Waals surface area (Å²) >= 11 is 0. The molecule has 0 spiro atoms. The smallest absolute Gasteiger partial charge is 0.417 e. The van der Waals surface area contributed by atoms with E-state index in [4.69, 9.17) is 9.47 Å². The maximum Gasteiger partial charge on any atom is 0.417 e. The number of alkyl halides is 3. The van der Waals surface area contributed by atoms with Gasteiger partial charge in [-0.3, -0.25) is 4.79 Å². The predicted molar refractivity (Wildman–Crippen MR) is 118 cm³/mol. The quantitative estimate of drug-likeness (QED) is 0.428. The fourth-order valence-corrected chi connectivity index (χ4v) is 4.51. The van der Waals surface area contributed by atoms with Crippen LogP contribution in [0.1, 0.15) is 42.0 Å². The Morgan fingerprint density at radius 3 is 2.27 bits per heavy atom. The van der Waals surface area contributed by atoms with Gasteiger partial charge >= 0.3 is 6.18 Å². The normalized spacial score (nSPS) is 16.0. The third-order valence-electron chi connectivity index (χ3n) is 6.64. The molecule has 1 fully saturated rings. The molecule has 2 aliphatic rings. The summed E-state index contributed by atoms with van der Waals surface area (Å²) in [5, 5.41) is 0. The average molecular weight is 452 g/mol. The van der Waals surface area contributed by atoms with Gasteiger partial charge in [-0.05, 0) is 65.3 Å². The maximum absolute atomic E-state index is 13.9. The zero-order valence-electron chi connectivity index (χ0n) is 18.2. The molecule has 0 atom stereocenters. The number of hydrogen-bond donors (Lipinski definition) is 0. The molecule has 1 aliphatic carbocycles. The average Bonchev–Trinajstić information content (AvgIpc) is 3.49. The van der Waals surface area contributed by atoms with Crippen molar-refractivity contribution in [1.82, 2.24) is 0 Å². The molecule has 5 rings (SSSR count). The predicted octanol–water partition coefficient (Wildman–Crippen LogP) is 6.51. The summed E-state index contributed by atoms with van der Waals surface area (Å²) in [5.74, 6) is 1.17. The van der Waals surface area contributed by atoms with Gasteiger partial charge in [0.05, 0.1) is 11.0 Å². The molecular weight excluding hydrogens is 429 g/mol. The number of Topliss-reactive ketones (excluding diaryl/α,β-unsaturated/α-hetero) is 1. The zero-order chi connectivity index (χ0) is 23.2. The first-order valence-electron chi connectivity index (χ1n) is 11.0. The highest BCUT2D eigenvalue weighted by Gasteiger charge is 2.51. The van der Waals surface area contributed by atoms with Crippen molar-refractivity contribution in [1.29, 1.82) is 0 Å². The van der Waals surface area contributed by atoms with Gasteiger partial charge in [0.25, 0.3) is 0 Å². The Bertz CT molecular complexity index is 1210. The number of aryl methyl sites for hydroxylation is 1. The van der Waals surface area contributed by atoms with E-state index in [0.717, 1.165) is 23.6 Å². The van der Waals surface area contributed by atoms with Crippen LogP contribution in [0.25, 0.3) is 11.1 Å². The summed E-state index contributed by atoms with van der Waals surface area (Å²) in [7, 11) is 0. The first kappa shape index (κ1) is 21.6. The van der Waals surface area contributed by atoms with Gasteiger partial charge in [-0.1, -0.05) is 49.4 Å². The van der Waals surface area contributed by atoms with Crippen LogP contribution in [0.4, 0.5) is 13.2 Å². The van der Waals surface area contributed by atoms with Crippen LogP contribution < -0.4 is 9.47 Å². The van der Waals surface area contributed by atoms with E-state index < -0.39 is 17.2 Å². The third kappa shape index (κ3) is 3.99. The molecule has 0 unspecified atom stereocenters. The topological polar surface area (TPSA) is 35.5 Å². The molecule has 0 aromatic heterocycles. The Labute approximate surface area is 190 Å². The summed E-state index contributed by atoms with van der Waals surface area (Å²) < 4.78 is 52.5. The number of hydrogen-bond acceptors (Lipinski definition) is 3. The molecule has 1 saturated carbocycles. The van der Waals surface area contributed by atoms with Crippen LogP contribution in [-0.4, -0.2) is 12.6 Å². The molecule has 1 heterocycles. The molecule has 0 radical (unpaired) electrons. The Hall–Kier alpha value is -3.28. The molecule has 3 aromatic rings. The van der Waals surface area contributed by atoms with Gasteiger partial charge in [-0.15, -0.1) is 0 Å². The highest BCUT2D eigenvalue weighted by atomic mass is 19.4. The number of benzene rings is 3. The molecule has 0 N–H and O–H groups in total. The Balaban J connectivity index is 1.43. The van der Waals surface area contributed by atoms with Crippen molar-refractivity contribution in [3.8, 4) is 22.6 Å². The van der Waals surface area contributed by atoms with Crippen LogP contribution in [-0.2, 0) is 29.2 Å². The Morgan fingerprint density at radius 1 is 0.909 bits per heavy atom. The Kier molecular flexibility index (Phi) is 5.19. The van der Waals surface area contributed by atoms with E-state index >= 15 is 0 Å². The number of halogens is 3. The number of carbonyl (C=O) groups is 1. The first-order chi connectivity index (χ1) is 15.8. The second kappa shape index (κ2) is 7.94. The van der Waals surface area contributed by atoms with E-state index in [0.29, 0.717) is 35.5 Å². The van der Waals surface area contributed by atoms with E-state index in [2.05, 4.69) is 0 Å². The first-order valence-corrected chi connectivity index (χ1v) is 11.0. The fourth-order valence-electron chi connectivity index (χ4n) is 4.51. The van der Waals surface area contributed by atoms with E-state index in [-0.39, 0.29) is 24.6 Å². The summed E-state index contributed by atoms with van der Waals surface area (Å²) in [6.07, 6.45) is -2.39. The van der Waals surface area contributed by atoms with Gasteiger partial charge in [0.2, 0.25) is 6.79 Å². The number of fused-ring (bicyclic) bond motifs is 1. The summed E-state index contributed by atoms with van der Waals surface area (Å²) in [6.45, 7) is 2.14. The number of ketones is 1. The monoisotopic (exact) mass is 452 g/mol. The molecule has 0 bridgehead atoms. The van der Waals surface area contributed by atoms with E-state index in [1.807, 2.05) is 31.2 Å². The number of carbonyl (C=O) groups excluding carboxylic acids is 1. The molecule has 3 aromatic carbocycles. The molecule has 1 aliphatic heterocycles. The van der Waals surface area contributed by atoms with Crippen molar-refractivity contribution in [3.05, 3.63) is 82.9 Å². The minimum atomic E-state index is -4.52. The minimum Gasteiger partial charge on any atom is -0.454 e. The largest absolute Gasteiger partial charge is 0.454 e.